The molecule has 1 saturated heterocycles. The number of amides is 1. The van der Waals surface area contributed by atoms with Gasteiger partial charge in [0, 0.05) is 5.92 Å². The summed E-state index contributed by atoms with van der Waals surface area (Å²) in [5, 5.41) is 3.40. The van der Waals surface area contributed by atoms with Gasteiger partial charge in [-0.05, 0) is 51.6 Å². The Kier molecular flexibility index (Phi) is 4.15. The van der Waals surface area contributed by atoms with Gasteiger partial charge in [-0.3, -0.25) is 0 Å². The molecule has 2 rings (SSSR count). The van der Waals surface area contributed by atoms with Crippen molar-refractivity contribution in [2.75, 3.05) is 13.1 Å². The zero-order chi connectivity index (χ0) is 13.2. The van der Waals surface area contributed by atoms with E-state index in [1.54, 1.807) is 0 Å². The molecule has 1 aliphatic heterocycles. The summed E-state index contributed by atoms with van der Waals surface area (Å²) < 4.78 is 5.43. The van der Waals surface area contributed by atoms with Crippen molar-refractivity contribution in [1.82, 2.24) is 5.32 Å². The Balaban J connectivity index is 2.09. The van der Waals surface area contributed by atoms with Gasteiger partial charge >= 0.3 is 6.09 Å². The molecule has 4 nitrogen and oxygen atoms in total. The Morgan fingerprint density at radius 3 is 2.22 bits per heavy atom. The third-order valence-electron chi connectivity index (χ3n) is 4.72. The Labute approximate surface area is 110 Å². The highest BCUT2D eigenvalue weighted by atomic mass is 16.6. The van der Waals surface area contributed by atoms with Gasteiger partial charge in [0.2, 0.25) is 0 Å². The molecule has 0 aromatic rings. The van der Waals surface area contributed by atoms with Gasteiger partial charge in [0.15, 0.2) is 0 Å². The second-order valence-electron chi connectivity index (χ2n) is 6.33. The van der Waals surface area contributed by atoms with E-state index in [0.29, 0.717) is 17.8 Å². The molecular formula is C14H26N2O2. The Bertz CT molecular complexity index is 294. The summed E-state index contributed by atoms with van der Waals surface area (Å²) in [6, 6.07) is 0. The van der Waals surface area contributed by atoms with Gasteiger partial charge < -0.3 is 15.8 Å². The Hall–Kier alpha value is -0.770. The van der Waals surface area contributed by atoms with Crippen LogP contribution in [0.15, 0.2) is 0 Å². The van der Waals surface area contributed by atoms with Crippen molar-refractivity contribution in [2.24, 2.45) is 23.5 Å². The number of carbonyl (C=O) groups excluding carboxylic acids is 1. The number of piperidine rings is 1. The molecule has 0 radical (unpaired) electrons. The Morgan fingerprint density at radius 2 is 1.78 bits per heavy atom. The fourth-order valence-electron chi connectivity index (χ4n) is 3.85. The summed E-state index contributed by atoms with van der Waals surface area (Å²) >= 11 is 0. The summed E-state index contributed by atoms with van der Waals surface area (Å²) in [6.07, 6.45) is 5.61. The molecule has 18 heavy (non-hydrogen) atoms. The second kappa shape index (κ2) is 5.47. The van der Waals surface area contributed by atoms with Crippen molar-refractivity contribution in [2.45, 2.75) is 51.6 Å². The van der Waals surface area contributed by atoms with Crippen LogP contribution >= 0.6 is 0 Å². The third kappa shape index (κ3) is 2.97. The second-order valence-corrected chi connectivity index (χ2v) is 6.33. The van der Waals surface area contributed by atoms with E-state index in [0.717, 1.165) is 13.1 Å². The molecule has 0 aromatic heterocycles. The summed E-state index contributed by atoms with van der Waals surface area (Å²) in [5.74, 6) is 1.83. The van der Waals surface area contributed by atoms with Crippen LogP contribution in [0.5, 0.6) is 0 Å². The highest BCUT2D eigenvalue weighted by Crippen LogP contribution is 2.46. The minimum absolute atomic E-state index is 0.432. The van der Waals surface area contributed by atoms with Crippen molar-refractivity contribution in [3.8, 4) is 0 Å². The van der Waals surface area contributed by atoms with Crippen LogP contribution in [0.2, 0.25) is 0 Å². The lowest BCUT2D eigenvalue weighted by Gasteiger charge is -2.47. The van der Waals surface area contributed by atoms with Crippen LogP contribution in [0, 0.1) is 17.8 Å². The SMILES string of the molecule is CC(C)(OC(N)=O)C(C1CCC1)C1CCNCC1. The molecule has 1 atom stereocenters. The molecule has 2 aliphatic rings. The summed E-state index contributed by atoms with van der Waals surface area (Å²) in [5.41, 5.74) is 4.80. The standard InChI is InChI=1S/C14H26N2O2/c1-14(2,18-13(15)17)12(10-4-3-5-10)11-6-8-16-9-7-11/h10-12,16H,3-9H2,1-2H3,(H2,15,17). The fourth-order valence-corrected chi connectivity index (χ4v) is 3.85. The van der Waals surface area contributed by atoms with Crippen molar-refractivity contribution < 1.29 is 9.53 Å². The van der Waals surface area contributed by atoms with Crippen LogP contribution in [0.4, 0.5) is 4.79 Å². The maximum Gasteiger partial charge on any atom is 0.405 e. The predicted molar refractivity (Wildman–Crippen MR) is 71.2 cm³/mol. The van der Waals surface area contributed by atoms with Gasteiger partial charge in [0.25, 0.3) is 0 Å². The largest absolute Gasteiger partial charge is 0.443 e. The molecule has 1 heterocycles. The molecule has 0 spiro atoms. The lowest BCUT2D eigenvalue weighted by Crippen LogP contribution is -2.49. The van der Waals surface area contributed by atoms with E-state index in [2.05, 4.69) is 5.32 Å². The van der Waals surface area contributed by atoms with E-state index in [9.17, 15) is 4.79 Å². The molecule has 0 aromatic carbocycles. The van der Waals surface area contributed by atoms with Gasteiger partial charge in [0.1, 0.15) is 5.60 Å². The monoisotopic (exact) mass is 254 g/mol. The molecule has 0 bridgehead atoms. The number of carbonyl (C=O) groups is 1. The van der Waals surface area contributed by atoms with Crippen molar-refractivity contribution >= 4 is 6.09 Å². The maximum absolute atomic E-state index is 11.1. The van der Waals surface area contributed by atoms with Gasteiger partial charge in [0.05, 0.1) is 0 Å². The first-order chi connectivity index (χ1) is 8.50. The Morgan fingerprint density at radius 1 is 1.22 bits per heavy atom. The number of hydrogen-bond donors (Lipinski definition) is 2. The van der Waals surface area contributed by atoms with Crippen molar-refractivity contribution in [3.63, 3.8) is 0 Å². The minimum Gasteiger partial charge on any atom is -0.443 e. The van der Waals surface area contributed by atoms with E-state index in [1.807, 2.05) is 13.8 Å². The lowest BCUT2D eigenvalue weighted by atomic mass is 9.62. The van der Waals surface area contributed by atoms with Crippen LogP contribution in [-0.4, -0.2) is 24.8 Å². The van der Waals surface area contributed by atoms with Crippen LogP contribution in [0.3, 0.4) is 0 Å². The lowest BCUT2D eigenvalue weighted by molar-refractivity contribution is -0.0694. The number of ether oxygens (including phenoxy) is 1. The number of hydrogen-bond acceptors (Lipinski definition) is 3. The molecule has 4 heteroatoms. The molecule has 1 amide bonds. The molecular weight excluding hydrogens is 228 g/mol. The van der Waals surface area contributed by atoms with Crippen LogP contribution in [0.1, 0.15) is 46.0 Å². The van der Waals surface area contributed by atoms with Gasteiger partial charge in [-0.1, -0.05) is 19.3 Å². The average molecular weight is 254 g/mol. The van der Waals surface area contributed by atoms with Crippen LogP contribution in [-0.2, 0) is 4.74 Å². The topological polar surface area (TPSA) is 64.3 Å². The zero-order valence-corrected chi connectivity index (χ0v) is 11.6. The van der Waals surface area contributed by atoms with Crippen molar-refractivity contribution in [3.05, 3.63) is 0 Å². The van der Waals surface area contributed by atoms with Gasteiger partial charge in [-0.2, -0.15) is 0 Å². The average Bonchev–Trinajstić information content (AvgIpc) is 2.22. The first kappa shape index (κ1) is 13.7. The first-order valence-electron chi connectivity index (χ1n) is 7.20. The predicted octanol–water partition coefficient (Wildman–Crippen LogP) is 2.28. The van der Waals surface area contributed by atoms with E-state index in [-0.39, 0.29) is 0 Å². The third-order valence-corrected chi connectivity index (χ3v) is 4.72. The maximum atomic E-state index is 11.1. The summed E-state index contributed by atoms with van der Waals surface area (Å²) in [7, 11) is 0. The molecule has 1 unspecified atom stereocenters. The molecule has 3 N–H and O–H groups in total. The molecule has 104 valence electrons. The van der Waals surface area contributed by atoms with E-state index in [1.165, 1.54) is 32.1 Å². The first-order valence-corrected chi connectivity index (χ1v) is 7.20. The smallest absolute Gasteiger partial charge is 0.405 e. The van der Waals surface area contributed by atoms with Crippen molar-refractivity contribution in [1.29, 1.82) is 0 Å². The van der Waals surface area contributed by atoms with E-state index >= 15 is 0 Å². The van der Waals surface area contributed by atoms with Gasteiger partial charge in [-0.25, -0.2) is 4.79 Å². The minimum atomic E-state index is -0.641. The number of primary amides is 1. The molecule has 1 aliphatic carbocycles. The van der Waals surface area contributed by atoms with E-state index in [4.69, 9.17) is 10.5 Å². The fraction of sp³-hybridized carbons (Fsp3) is 0.929. The van der Waals surface area contributed by atoms with Crippen LogP contribution in [0.25, 0.3) is 0 Å². The molecule has 1 saturated carbocycles. The highest BCUT2D eigenvalue weighted by molar-refractivity contribution is 5.65. The number of nitrogens with one attached hydrogen (secondary N) is 1. The van der Waals surface area contributed by atoms with E-state index < -0.39 is 11.7 Å². The number of rotatable bonds is 4. The quantitative estimate of drug-likeness (QED) is 0.809. The highest BCUT2D eigenvalue weighted by Gasteiger charge is 2.45. The van der Waals surface area contributed by atoms with Crippen LogP contribution < -0.4 is 11.1 Å². The number of nitrogens with two attached hydrogens (primary N) is 1. The summed E-state index contributed by atoms with van der Waals surface area (Å²) in [6.45, 7) is 6.23. The van der Waals surface area contributed by atoms with Gasteiger partial charge in [-0.15, -0.1) is 0 Å². The zero-order valence-electron chi connectivity index (χ0n) is 11.6. The summed E-state index contributed by atoms with van der Waals surface area (Å²) in [4.78, 5) is 11.1. The molecule has 2 fully saturated rings. The normalized spacial score (nSPS) is 24.3.